The lowest BCUT2D eigenvalue weighted by molar-refractivity contribution is 0.0916. The first-order valence-corrected chi connectivity index (χ1v) is 10.8. The Morgan fingerprint density at radius 1 is 1.15 bits per heavy atom. The second kappa shape index (κ2) is 8.46. The van der Waals surface area contributed by atoms with Gasteiger partial charge < -0.3 is 10.4 Å². The predicted octanol–water partition coefficient (Wildman–Crippen LogP) is 4.45. The number of aliphatic hydroxyl groups excluding tert-OH is 1. The van der Waals surface area contributed by atoms with Gasteiger partial charge in [-0.1, -0.05) is 30.3 Å². The van der Waals surface area contributed by atoms with E-state index >= 15 is 0 Å². The maximum absolute atomic E-state index is 14.6. The van der Waals surface area contributed by atoms with Crippen molar-refractivity contribution in [1.29, 1.82) is 0 Å². The van der Waals surface area contributed by atoms with Crippen LogP contribution in [0.4, 0.5) is 14.5 Å². The van der Waals surface area contributed by atoms with Crippen molar-refractivity contribution in [1.82, 2.24) is 9.38 Å². The molecular formula is C26H21F2N3O3. The Hall–Kier alpha value is -3.91. The van der Waals surface area contributed by atoms with Crippen LogP contribution in [0.15, 0.2) is 60.9 Å². The molecule has 2 heterocycles. The van der Waals surface area contributed by atoms with E-state index in [1.807, 2.05) is 37.3 Å². The minimum atomic E-state index is -1.02. The number of aliphatic hydroxyl groups is 1. The summed E-state index contributed by atoms with van der Waals surface area (Å²) in [5.74, 6) is -3.74. The number of carbonyl (C=O) groups is 2. The summed E-state index contributed by atoms with van der Waals surface area (Å²) < 4.78 is 30.6. The summed E-state index contributed by atoms with van der Waals surface area (Å²) in [6, 6.07) is 12.6. The number of amides is 1. The highest BCUT2D eigenvalue weighted by Crippen LogP contribution is 2.37. The quantitative estimate of drug-likeness (QED) is 0.430. The number of hydrogen-bond donors (Lipinski definition) is 2. The predicted molar refractivity (Wildman–Crippen MR) is 122 cm³/mol. The van der Waals surface area contributed by atoms with Crippen LogP contribution in [0.25, 0.3) is 5.65 Å². The molecule has 172 valence electrons. The first-order chi connectivity index (χ1) is 16.3. The zero-order valence-corrected chi connectivity index (χ0v) is 18.3. The molecule has 0 fully saturated rings. The van der Waals surface area contributed by atoms with Crippen molar-refractivity contribution in [3.05, 3.63) is 101 Å². The molecule has 1 aliphatic carbocycles. The zero-order valence-electron chi connectivity index (χ0n) is 18.3. The van der Waals surface area contributed by atoms with Crippen molar-refractivity contribution in [2.24, 2.45) is 0 Å². The summed E-state index contributed by atoms with van der Waals surface area (Å²) in [6.07, 6.45) is 2.59. The number of imidazole rings is 1. The van der Waals surface area contributed by atoms with Crippen LogP contribution in [0.1, 0.15) is 49.9 Å². The second-order valence-corrected chi connectivity index (χ2v) is 8.55. The number of hydrogen-bond acceptors (Lipinski definition) is 4. The number of benzene rings is 2. The number of pyridine rings is 1. The molecule has 2 aromatic carbocycles. The van der Waals surface area contributed by atoms with E-state index < -0.39 is 35.3 Å². The molecule has 2 N–H and O–H groups in total. The summed E-state index contributed by atoms with van der Waals surface area (Å²) >= 11 is 0. The van der Waals surface area contributed by atoms with Crippen LogP contribution in [0.3, 0.4) is 0 Å². The van der Waals surface area contributed by atoms with Gasteiger partial charge in [0.15, 0.2) is 5.78 Å². The van der Waals surface area contributed by atoms with Crippen molar-refractivity contribution in [3.63, 3.8) is 0 Å². The number of halogens is 2. The van der Waals surface area contributed by atoms with Gasteiger partial charge in [-0.15, -0.1) is 0 Å². The van der Waals surface area contributed by atoms with Gasteiger partial charge in [0.2, 0.25) is 0 Å². The third kappa shape index (κ3) is 3.86. The maximum atomic E-state index is 14.6. The molecule has 0 saturated heterocycles. The zero-order chi connectivity index (χ0) is 24.0. The van der Waals surface area contributed by atoms with Gasteiger partial charge in [-0.05, 0) is 42.2 Å². The average Bonchev–Trinajstić information content (AvgIpc) is 3.36. The van der Waals surface area contributed by atoms with E-state index in [1.54, 1.807) is 16.7 Å². The fraction of sp³-hybridized carbons (Fsp3) is 0.192. The van der Waals surface area contributed by atoms with E-state index in [0.717, 1.165) is 22.8 Å². The lowest BCUT2D eigenvalue weighted by atomic mass is 9.91. The van der Waals surface area contributed by atoms with Crippen LogP contribution in [-0.2, 0) is 6.42 Å². The van der Waals surface area contributed by atoms with Gasteiger partial charge in [-0.25, -0.2) is 13.8 Å². The van der Waals surface area contributed by atoms with Gasteiger partial charge in [0.1, 0.15) is 23.0 Å². The molecule has 6 nitrogen and oxygen atoms in total. The molecule has 2 aromatic heterocycles. The highest BCUT2D eigenvalue weighted by molar-refractivity contribution is 6.05. The standard InChI is InChI=1S/C26H21F2N3O3/c1-14-6-7-25-29-12-22(31(25)13-14)26(34)30-21-9-18(19(27)11-20(21)28)24(33)10-17-16-5-3-2-4-15(16)8-23(17)32/h2-7,9,11-13,17,23,32H,8,10H2,1H3,(H,30,34)/t17-,23+/m1/s1. The first kappa shape index (κ1) is 21.9. The molecule has 0 radical (unpaired) electrons. The number of ketones is 1. The van der Waals surface area contributed by atoms with E-state index in [4.69, 9.17) is 0 Å². The van der Waals surface area contributed by atoms with E-state index in [-0.39, 0.29) is 23.4 Å². The summed E-state index contributed by atoms with van der Waals surface area (Å²) in [7, 11) is 0. The highest BCUT2D eigenvalue weighted by Gasteiger charge is 2.33. The average molecular weight is 461 g/mol. The Labute approximate surface area is 193 Å². The Bertz CT molecular complexity index is 1450. The second-order valence-electron chi connectivity index (χ2n) is 8.55. The lowest BCUT2D eigenvalue weighted by Crippen LogP contribution is -2.19. The fourth-order valence-electron chi connectivity index (χ4n) is 4.51. The molecular weight excluding hydrogens is 440 g/mol. The Morgan fingerprint density at radius 3 is 2.76 bits per heavy atom. The third-order valence-corrected chi connectivity index (χ3v) is 6.24. The Balaban J connectivity index is 1.41. The smallest absolute Gasteiger partial charge is 0.274 e. The number of nitrogens with one attached hydrogen (secondary N) is 1. The molecule has 1 amide bonds. The summed E-state index contributed by atoms with van der Waals surface area (Å²) in [5, 5.41) is 12.9. The van der Waals surface area contributed by atoms with Crippen LogP contribution in [0.5, 0.6) is 0 Å². The molecule has 0 bridgehead atoms. The minimum Gasteiger partial charge on any atom is -0.392 e. The number of anilines is 1. The molecule has 0 unspecified atom stereocenters. The van der Waals surface area contributed by atoms with Gasteiger partial charge >= 0.3 is 0 Å². The molecule has 2 atom stereocenters. The van der Waals surface area contributed by atoms with Crippen LogP contribution in [0.2, 0.25) is 0 Å². The lowest BCUT2D eigenvalue weighted by Gasteiger charge is -2.16. The largest absolute Gasteiger partial charge is 0.392 e. The SMILES string of the molecule is Cc1ccc2ncc(C(=O)Nc3cc(C(=O)C[C@@H]4c5ccccc5C[C@@H]4O)c(F)cc3F)n2c1. The summed E-state index contributed by atoms with van der Waals surface area (Å²) in [5.41, 5.74) is 2.75. The molecule has 34 heavy (non-hydrogen) atoms. The van der Waals surface area contributed by atoms with Crippen molar-refractivity contribution >= 4 is 23.0 Å². The fourth-order valence-corrected chi connectivity index (χ4v) is 4.51. The minimum absolute atomic E-state index is 0.138. The summed E-state index contributed by atoms with van der Waals surface area (Å²) in [4.78, 5) is 30.0. The van der Waals surface area contributed by atoms with E-state index in [2.05, 4.69) is 10.3 Å². The summed E-state index contributed by atoms with van der Waals surface area (Å²) in [6.45, 7) is 1.86. The topological polar surface area (TPSA) is 83.7 Å². The molecule has 0 saturated carbocycles. The number of carbonyl (C=O) groups excluding carboxylic acids is 2. The number of aryl methyl sites for hydroxylation is 1. The van der Waals surface area contributed by atoms with E-state index in [1.165, 1.54) is 6.20 Å². The first-order valence-electron chi connectivity index (χ1n) is 10.8. The van der Waals surface area contributed by atoms with Crippen LogP contribution in [-0.4, -0.2) is 32.3 Å². The normalized spacial score (nSPS) is 17.1. The number of fused-ring (bicyclic) bond motifs is 2. The number of aromatic nitrogens is 2. The van der Waals surface area contributed by atoms with E-state index in [0.29, 0.717) is 18.1 Å². The van der Waals surface area contributed by atoms with Gasteiger partial charge in [0.25, 0.3) is 5.91 Å². The van der Waals surface area contributed by atoms with Crippen LogP contribution < -0.4 is 5.32 Å². The van der Waals surface area contributed by atoms with E-state index in [9.17, 15) is 23.5 Å². The molecule has 0 spiro atoms. The Kier molecular flexibility index (Phi) is 5.45. The van der Waals surface area contributed by atoms with Gasteiger partial charge in [-0.2, -0.15) is 0 Å². The number of rotatable bonds is 5. The highest BCUT2D eigenvalue weighted by atomic mass is 19.1. The maximum Gasteiger partial charge on any atom is 0.274 e. The van der Waals surface area contributed by atoms with Crippen LogP contribution in [0, 0.1) is 18.6 Å². The van der Waals surface area contributed by atoms with Crippen molar-refractivity contribution < 1.29 is 23.5 Å². The molecule has 0 aliphatic heterocycles. The molecule has 4 aromatic rings. The van der Waals surface area contributed by atoms with Crippen molar-refractivity contribution in [2.75, 3.05) is 5.32 Å². The van der Waals surface area contributed by atoms with Gasteiger partial charge in [-0.3, -0.25) is 14.0 Å². The van der Waals surface area contributed by atoms with Gasteiger partial charge in [0.05, 0.1) is 23.6 Å². The van der Waals surface area contributed by atoms with Crippen molar-refractivity contribution in [3.8, 4) is 0 Å². The third-order valence-electron chi connectivity index (χ3n) is 6.24. The van der Waals surface area contributed by atoms with Crippen LogP contribution >= 0.6 is 0 Å². The number of Topliss-reactive ketones (excluding diaryl/α,β-unsaturated/α-hetero) is 1. The monoisotopic (exact) mass is 461 g/mol. The van der Waals surface area contributed by atoms with Crippen molar-refractivity contribution in [2.45, 2.75) is 31.8 Å². The molecule has 1 aliphatic rings. The molecule has 5 rings (SSSR count). The number of nitrogens with zero attached hydrogens (tertiary/aromatic N) is 2. The molecule has 8 heteroatoms. The van der Waals surface area contributed by atoms with Gasteiger partial charge in [0, 0.05) is 24.6 Å². The Morgan fingerprint density at radius 2 is 1.94 bits per heavy atom.